The van der Waals surface area contributed by atoms with Gasteiger partial charge in [0, 0.05) is 25.2 Å². The Bertz CT molecular complexity index is 491. The second-order valence-corrected chi connectivity index (χ2v) is 6.52. The molecule has 4 heteroatoms. The van der Waals surface area contributed by atoms with Crippen molar-refractivity contribution in [2.75, 3.05) is 18.0 Å². The standard InChI is InChI=1S/C16H22N2O2/c1-16(2,3)11-17-15(20)12-9-14(19)18(10-12)13-7-5-4-6-8-13/h4-8,12H,9-11H2,1-3H3,(H,17,20). The third-order valence-electron chi connectivity index (χ3n) is 3.36. The van der Waals surface area contributed by atoms with Crippen LogP contribution >= 0.6 is 0 Å². The molecule has 20 heavy (non-hydrogen) atoms. The zero-order chi connectivity index (χ0) is 14.8. The molecule has 0 radical (unpaired) electrons. The molecule has 1 saturated heterocycles. The Balaban J connectivity index is 1.97. The van der Waals surface area contributed by atoms with Crippen molar-refractivity contribution >= 4 is 17.5 Å². The van der Waals surface area contributed by atoms with Crippen LogP contribution in [-0.4, -0.2) is 24.9 Å². The monoisotopic (exact) mass is 274 g/mol. The van der Waals surface area contributed by atoms with Crippen LogP contribution in [0.1, 0.15) is 27.2 Å². The average Bonchev–Trinajstić information content (AvgIpc) is 2.78. The largest absolute Gasteiger partial charge is 0.355 e. The maximum atomic E-state index is 12.1. The van der Waals surface area contributed by atoms with E-state index < -0.39 is 0 Å². The van der Waals surface area contributed by atoms with E-state index in [1.807, 2.05) is 30.3 Å². The molecule has 1 aromatic carbocycles. The van der Waals surface area contributed by atoms with E-state index in [0.717, 1.165) is 5.69 Å². The predicted molar refractivity (Wildman–Crippen MR) is 79.4 cm³/mol. The first kappa shape index (κ1) is 14.6. The number of benzene rings is 1. The second kappa shape index (κ2) is 5.65. The van der Waals surface area contributed by atoms with Gasteiger partial charge in [0.1, 0.15) is 0 Å². The molecule has 1 heterocycles. The van der Waals surface area contributed by atoms with E-state index in [1.54, 1.807) is 4.90 Å². The van der Waals surface area contributed by atoms with Gasteiger partial charge < -0.3 is 10.2 Å². The summed E-state index contributed by atoms with van der Waals surface area (Å²) in [5.41, 5.74) is 0.917. The van der Waals surface area contributed by atoms with Crippen LogP contribution in [0.3, 0.4) is 0 Å². The molecular weight excluding hydrogens is 252 g/mol. The van der Waals surface area contributed by atoms with Crippen LogP contribution in [-0.2, 0) is 9.59 Å². The van der Waals surface area contributed by atoms with Crippen LogP contribution in [0.5, 0.6) is 0 Å². The Kier molecular flexibility index (Phi) is 4.12. The first-order valence-corrected chi connectivity index (χ1v) is 7.00. The van der Waals surface area contributed by atoms with Crippen LogP contribution in [0.15, 0.2) is 30.3 Å². The highest BCUT2D eigenvalue weighted by Crippen LogP contribution is 2.25. The van der Waals surface area contributed by atoms with Crippen molar-refractivity contribution in [1.82, 2.24) is 5.32 Å². The number of carbonyl (C=O) groups excluding carboxylic acids is 2. The lowest BCUT2D eigenvalue weighted by atomic mass is 9.96. The molecule has 1 fully saturated rings. The van der Waals surface area contributed by atoms with Crippen molar-refractivity contribution in [3.63, 3.8) is 0 Å². The minimum absolute atomic E-state index is 0.0205. The molecular formula is C16H22N2O2. The smallest absolute Gasteiger partial charge is 0.227 e. The fourth-order valence-electron chi connectivity index (χ4n) is 2.24. The molecule has 0 aromatic heterocycles. The van der Waals surface area contributed by atoms with Gasteiger partial charge in [-0.2, -0.15) is 0 Å². The molecule has 108 valence electrons. The summed E-state index contributed by atoms with van der Waals surface area (Å²) < 4.78 is 0. The molecule has 4 nitrogen and oxygen atoms in total. The van der Waals surface area contributed by atoms with Crippen LogP contribution in [0.25, 0.3) is 0 Å². The van der Waals surface area contributed by atoms with E-state index in [4.69, 9.17) is 0 Å². The summed E-state index contributed by atoms with van der Waals surface area (Å²) in [4.78, 5) is 25.9. The highest BCUT2D eigenvalue weighted by Gasteiger charge is 2.35. The van der Waals surface area contributed by atoms with Crippen molar-refractivity contribution in [3.8, 4) is 0 Å². The molecule has 0 aliphatic carbocycles. The Morgan fingerprint density at radius 2 is 1.95 bits per heavy atom. The zero-order valence-corrected chi connectivity index (χ0v) is 12.3. The predicted octanol–water partition coefficient (Wildman–Crippen LogP) is 2.20. The Morgan fingerprint density at radius 1 is 1.30 bits per heavy atom. The van der Waals surface area contributed by atoms with Crippen molar-refractivity contribution in [2.45, 2.75) is 27.2 Å². The number of hydrogen-bond donors (Lipinski definition) is 1. The van der Waals surface area contributed by atoms with Gasteiger partial charge in [-0.1, -0.05) is 39.0 Å². The molecule has 1 N–H and O–H groups in total. The molecule has 1 aliphatic heterocycles. The maximum Gasteiger partial charge on any atom is 0.227 e. The fourth-order valence-corrected chi connectivity index (χ4v) is 2.24. The number of rotatable bonds is 3. The number of hydrogen-bond acceptors (Lipinski definition) is 2. The summed E-state index contributed by atoms with van der Waals surface area (Å²) in [6.07, 6.45) is 0.296. The molecule has 0 bridgehead atoms. The Morgan fingerprint density at radius 3 is 2.55 bits per heavy atom. The summed E-state index contributed by atoms with van der Waals surface area (Å²) in [5.74, 6) is -0.246. The van der Waals surface area contributed by atoms with Gasteiger partial charge in [0.25, 0.3) is 0 Å². The van der Waals surface area contributed by atoms with Crippen molar-refractivity contribution < 1.29 is 9.59 Å². The van der Waals surface area contributed by atoms with Crippen molar-refractivity contribution in [2.24, 2.45) is 11.3 Å². The topological polar surface area (TPSA) is 49.4 Å². The summed E-state index contributed by atoms with van der Waals surface area (Å²) in [6, 6.07) is 9.50. The van der Waals surface area contributed by atoms with Crippen LogP contribution < -0.4 is 10.2 Å². The van der Waals surface area contributed by atoms with Crippen LogP contribution in [0.4, 0.5) is 5.69 Å². The normalized spacial score (nSPS) is 19.2. The average molecular weight is 274 g/mol. The van der Waals surface area contributed by atoms with Gasteiger partial charge in [-0.3, -0.25) is 9.59 Å². The van der Waals surface area contributed by atoms with Gasteiger partial charge in [0.05, 0.1) is 5.92 Å². The van der Waals surface area contributed by atoms with Gasteiger partial charge in [0.15, 0.2) is 0 Å². The molecule has 1 aromatic rings. The number of amides is 2. The van der Waals surface area contributed by atoms with Crippen molar-refractivity contribution in [1.29, 1.82) is 0 Å². The molecule has 0 spiro atoms. The quantitative estimate of drug-likeness (QED) is 0.918. The van der Waals surface area contributed by atoms with Crippen LogP contribution in [0, 0.1) is 11.3 Å². The van der Waals surface area contributed by atoms with Gasteiger partial charge in [-0.15, -0.1) is 0 Å². The van der Waals surface area contributed by atoms with Crippen LogP contribution in [0.2, 0.25) is 0 Å². The minimum Gasteiger partial charge on any atom is -0.355 e. The fraction of sp³-hybridized carbons (Fsp3) is 0.500. The van der Waals surface area contributed by atoms with E-state index in [2.05, 4.69) is 26.1 Å². The van der Waals surface area contributed by atoms with Crippen molar-refractivity contribution in [3.05, 3.63) is 30.3 Å². The van der Waals surface area contributed by atoms with Gasteiger partial charge in [-0.05, 0) is 17.5 Å². The van der Waals surface area contributed by atoms with E-state index >= 15 is 0 Å². The number of para-hydroxylation sites is 1. The lowest BCUT2D eigenvalue weighted by molar-refractivity contribution is -0.126. The molecule has 1 atom stereocenters. The second-order valence-electron chi connectivity index (χ2n) is 6.52. The first-order valence-electron chi connectivity index (χ1n) is 7.00. The summed E-state index contributed by atoms with van der Waals surface area (Å²) in [5, 5.41) is 2.94. The number of nitrogens with zero attached hydrogens (tertiary/aromatic N) is 1. The minimum atomic E-state index is -0.245. The number of carbonyl (C=O) groups is 2. The van der Waals surface area contributed by atoms with Gasteiger partial charge in [-0.25, -0.2) is 0 Å². The van der Waals surface area contributed by atoms with Gasteiger partial charge in [0.2, 0.25) is 11.8 Å². The zero-order valence-electron chi connectivity index (χ0n) is 12.3. The van der Waals surface area contributed by atoms with E-state index in [9.17, 15) is 9.59 Å². The molecule has 0 saturated carbocycles. The summed E-state index contributed by atoms with van der Waals surface area (Å²) in [6.45, 7) is 7.32. The summed E-state index contributed by atoms with van der Waals surface area (Å²) >= 11 is 0. The Hall–Kier alpha value is -1.84. The highest BCUT2D eigenvalue weighted by atomic mass is 16.2. The molecule has 2 rings (SSSR count). The third kappa shape index (κ3) is 3.59. The van der Waals surface area contributed by atoms with Gasteiger partial charge >= 0.3 is 0 Å². The Labute approximate surface area is 120 Å². The molecule has 2 amide bonds. The summed E-state index contributed by atoms with van der Waals surface area (Å²) in [7, 11) is 0. The third-order valence-corrected chi connectivity index (χ3v) is 3.36. The van der Waals surface area contributed by atoms with E-state index in [0.29, 0.717) is 19.5 Å². The lowest BCUT2D eigenvalue weighted by Crippen LogP contribution is -2.37. The number of anilines is 1. The molecule has 1 unspecified atom stereocenters. The molecule has 1 aliphatic rings. The van der Waals surface area contributed by atoms with E-state index in [1.165, 1.54) is 0 Å². The maximum absolute atomic E-state index is 12.1. The van der Waals surface area contributed by atoms with E-state index in [-0.39, 0.29) is 23.1 Å². The number of nitrogens with one attached hydrogen (secondary N) is 1. The lowest BCUT2D eigenvalue weighted by Gasteiger charge is -2.20. The SMILES string of the molecule is CC(C)(C)CNC(=O)C1CC(=O)N(c2ccccc2)C1. The first-order chi connectivity index (χ1) is 9.37. The highest BCUT2D eigenvalue weighted by molar-refractivity contribution is 6.00.